The Balaban J connectivity index is 1.81. The van der Waals surface area contributed by atoms with Crippen molar-refractivity contribution in [1.82, 2.24) is 5.32 Å². The zero-order valence-electron chi connectivity index (χ0n) is 13.4. The Morgan fingerprint density at radius 3 is 2.50 bits per heavy atom. The number of nitrogens with one attached hydrogen (secondary N) is 2. The van der Waals surface area contributed by atoms with Gasteiger partial charge in [0.2, 0.25) is 5.91 Å². The van der Waals surface area contributed by atoms with Gasteiger partial charge in [0.25, 0.3) is 0 Å². The zero-order chi connectivity index (χ0) is 15.9. The van der Waals surface area contributed by atoms with Crippen molar-refractivity contribution in [1.29, 1.82) is 0 Å². The minimum atomic E-state index is -0.0605. The molecule has 0 saturated heterocycles. The minimum Gasteiger partial charge on any atom is -0.468 e. The summed E-state index contributed by atoms with van der Waals surface area (Å²) in [5.74, 6) is 1.31. The Kier molecular flexibility index (Phi) is 5.78. The van der Waals surface area contributed by atoms with E-state index in [9.17, 15) is 4.79 Å². The van der Waals surface area contributed by atoms with Gasteiger partial charge in [-0.1, -0.05) is 26.0 Å². The first-order valence-corrected chi connectivity index (χ1v) is 7.76. The van der Waals surface area contributed by atoms with Gasteiger partial charge in [0.15, 0.2) is 0 Å². The third-order valence-corrected chi connectivity index (χ3v) is 3.91. The second kappa shape index (κ2) is 7.80. The number of hydrogen-bond donors (Lipinski definition) is 2. The lowest BCUT2D eigenvalue weighted by Crippen LogP contribution is -2.29. The Labute approximate surface area is 131 Å². The second-order valence-electron chi connectivity index (χ2n) is 5.60. The van der Waals surface area contributed by atoms with Crippen molar-refractivity contribution in [3.8, 4) is 0 Å². The van der Waals surface area contributed by atoms with Crippen LogP contribution < -0.4 is 10.6 Å². The molecule has 0 spiro atoms. The molecule has 4 nitrogen and oxygen atoms in total. The van der Waals surface area contributed by atoms with Crippen LogP contribution in [0.3, 0.4) is 0 Å². The molecule has 2 atom stereocenters. The van der Waals surface area contributed by atoms with E-state index in [0.29, 0.717) is 5.92 Å². The van der Waals surface area contributed by atoms with Crippen LogP contribution in [-0.2, 0) is 4.79 Å². The van der Waals surface area contributed by atoms with Gasteiger partial charge >= 0.3 is 0 Å². The van der Waals surface area contributed by atoms with Crippen molar-refractivity contribution in [2.45, 2.75) is 39.2 Å². The molecule has 0 unspecified atom stereocenters. The third-order valence-electron chi connectivity index (χ3n) is 3.91. The fourth-order valence-corrected chi connectivity index (χ4v) is 2.22. The molecule has 1 aromatic heterocycles. The highest BCUT2D eigenvalue weighted by Gasteiger charge is 2.10. The SMILES string of the molecule is CC[C@H](C)c1ccc(NC(=O)CN[C@@H](C)c2ccco2)cc1. The third kappa shape index (κ3) is 4.46. The number of furan rings is 1. The van der Waals surface area contributed by atoms with E-state index in [-0.39, 0.29) is 18.5 Å². The van der Waals surface area contributed by atoms with Gasteiger partial charge < -0.3 is 9.73 Å². The second-order valence-corrected chi connectivity index (χ2v) is 5.60. The number of rotatable bonds is 7. The maximum absolute atomic E-state index is 12.0. The van der Waals surface area contributed by atoms with E-state index in [0.717, 1.165) is 17.9 Å². The number of anilines is 1. The lowest BCUT2D eigenvalue weighted by molar-refractivity contribution is -0.115. The fraction of sp³-hybridized carbons (Fsp3) is 0.389. The molecular formula is C18H24N2O2. The number of benzene rings is 1. The normalized spacial score (nSPS) is 13.6. The maximum Gasteiger partial charge on any atom is 0.238 e. The maximum atomic E-state index is 12.0. The summed E-state index contributed by atoms with van der Waals surface area (Å²) >= 11 is 0. The van der Waals surface area contributed by atoms with Crippen LogP contribution in [0.15, 0.2) is 47.1 Å². The summed E-state index contributed by atoms with van der Waals surface area (Å²) in [4.78, 5) is 12.0. The van der Waals surface area contributed by atoms with E-state index < -0.39 is 0 Å². The van der Waals surface area contributed by atoms with Gasteiger partial charge in [-0.15, -0.1) is 0 Å². The van der Waals surface area contributed by atoms with E-state index in [4.69, 9.17) is 4.42 Å². The van der Waals surface area contributed by atoms with Crippen LogP contribution in [0.1, 0.15) is 50.5 Å². The first-order valence-electron chi connectivity index (χ1n) is 7.76. The van der Waals surface area contributed by atoms with E-state index in [2.05, 4.69) is 36.6 Å². The molecule has 0 bridgehead atoms. The molecule has 2 N–H and O–H groups in total. The largest absolute Gasteiger partial charge is 0.468 e. The van der Waals surface area contributed by atoms with E-state index >= 15 is 0 Å². The summed E-state index contributed by atoms with van der Waals surface area (Å²) in [6.07, 6.45) is 2.74. The number of carbonyl (C=O) groups is 1. The highest BCUT2D eigenvalue weighted by Crippen LogP contribution is 2.20. The van der Waals surface area contributed by atoms with Crippen LogP contribution in [0.4, 0.5) is 5.69 Å². The average Bonchev–Trinajstić information content (AvgIpc) is 3.07. The molecule has 2 rings (SSSR count). The number of hydrogen-bond acceptors (Lipinski definition) is 3. The lowest BCUT2D eigenvalue weighted by atomic mass is 9.99. The van der Waals surface area contributed by atoms with Crippen molar-refractivity contribution in [2.24, 2.45) is 0 Å². The van der Waals surface area contributed by atoms with Crippen molar-refractivity contribution < 1.29 is 9.21 Å². The summed E-state index contributed by atoms with van der Waals surface area (Å²) < 4.78 is 5.30. The fourth-order valence-electron chi connectivity index (χ4n) is 2.22. The van der Waals surface area contributed by atoms with E-state index in [1.165, 1.54) is 5.56 Å². The molecule has 4 heteroatoms. The van der Waals surface area contributed by atoms with Crippen LogP contribution in [0.25, 0.3) is 0 Å². The van der Waals surface area contributed by atoms with Crippen LogP contribution in [0.2, 0.25) is 0 Å². The molecule has 0 aliphatic carbocycles. The van der Waals surface area contributed by atoms with Crippen LogP contribution in [0.5, 0.6) is 0 Å². The standard InChI is InChI=1S/C18H24N2O2/c1-4-13(2)15-7-9-16(10-8-15)20-18(21)12-19-14(3)17-6-5-11-22-17/h5-11,13-14,19H,4,12H2,1-3H3,(H,20,21)/t13-,14-/m0/s1. The molecule has 0 radical (unpaired) electrons. The molecule has 0 fully saturated rings. The van der Waals surface area contributed by atoms with Crippen LogP contribution in [-0.4, -0.2) is 12.5 Å². The molecule has 1 aromatic carbocycles. The van der Waals surface area contributed by atoms with Crippen LogP contribution in [0, 0.1) is 0 Å². The molecule has 22 heavy (non-hydrogen) atoms. The molecule has 0 saturated carbocycles. The molecule has 1 heterocycles. The van der Waals surface area contributed by atoms with Gasteiger partial charge in [-0.3, -0.25) is 10.1 Å². The Bertz CT molecular complexity index is 576. The van der Waals surface area contributed by atoms with Crippen molar-refractivity contribution in [3.05, 3.63) is 54.0 Å². The number of amides is 1. The molecule has 0 aliphatic rings. The average molecular weight is 300 g/mol. The highest BCUT2D eigenvalue weighted by molar-refractivity contribution is 5.92. The van der Waals surface area contributed by atoms with Gasteiger partial charge in [-0.05, 0) is 49.1 Å². The van der Waals surface area contributed by atoms with Gasteiger partial charge in [-0.2, -0.15) is 0 Å². The summed E-state index contributed by atoms with van der Waals surface area (Å²) in [5.41, 5.74) is 2.12. The molecule has 1 amide bonds. The smallest absolute Gasteiger partial charge is 0.238 e. The Morgan fingerprint density at radius 1 is 1.18 bits per heavy atom. The quantitative estimate of drug-likeness (QED) is 0.810. The van der Waals surface area contributed by atoms with Gasteiger partial charge in [0, 0.05) is 5.69 Å². The summed E-state index contributed by atoms with van der Waals surface area (Å²) in [6.45, 7) is 6.59. The number of carbonyl (C=O) groups excluding carboxylic acids is 1. The van der Waals surface area contributed by atoms with Gasteiger partial charge in [-0.25, -0.2) is 0 Å². The van der Waals surface area contributed by atoms with Crippen molar-refractivity contribution in [2.75, 3.05) is 11.9 Å². The minimum absolute atomic E-state index is 0.00790. The summed E-state index contributed by atoms with van der Waals surface area (Å²) in [5, 5.41) is 6.03. The van der Waals surface area contributed by atoms with Crippen LogP contribution >= 0.6 is 0 Å². The molecule has 118 valence electrons. The topological polar surface area (TPSA) is 54.3 Å². The molecule has 2 aromatic rings. The Morgan fingerprint density at radius 2 is 1.91 bits per heavy atom. The monoisotopic (exact) mass is 300 g/mol. The first kappa shape index (κ1) is 16.3. The first-order chi connectivity index (χ1) is 10.6. The van der Waals surface area contributed by atoms with Crippen molar-refractivity contribution >= 4 is 11.6 Å². The lowest BCUT2D eigenvalue weighted by Gasteiger charge is -2.12. The Hall–Kier alpha value is -2.07. The predicted molar refractivity (Wildman–Crippen MR) is 88.9 cm³/mol. The summed E-state index contributed by atoms with van der Waals surface area (Å²) in [7, 11) is 0. The van der Waals surface area contributed by atoms with Crippen molar-refractivity contribution in [3.63, 3.8) is 0 Å². The molecular weight excluding hydrogens is 276 g/mol. The zero-order valence-corrected chi connectivity index (χ0v) is 13.4. The highest BCUT2D eigenvalue weighted by atomic mass is 16.3. The predicted octanol–water partition coefficient (Wildman–Crippen LogP) is 4.08. The van der Waals surface area contributed by atoms with Gasteiger partial charge in [0.1, 0.15) is 5.76 Å². The van der Waals surface area contributed by atoms with E-state index in [1.54, 1.807) is 6.26 Å². The van der Waals surface area contributed by atoms with Gasteiger partial charge in [0.05, 0.1) is 18.8 Å². The summed E-state index contributed by atoms with van der Waals surface area (Å²) in [6, 6.07) is 11.8. The van der Waals surface area contributed by atoms with E-state index in [1.807, 2.05) is 31.2 Å². The molecule has 0 aliphatic heterocycles.